The number of amides is 3. The average Bonchev–Trinajstić information content (AvgIpc) is 2.82. The van der Waals surface area contributed by atoms with Crippen molar-refractivity contribution in [3.05, 3.63) is 23.8 Å². The molecule has 0 aromatic heterocycles. The second-order valence-electron chi connectivity index (χ2n) is 3.90. The zero-order valence-corrected chi connectivity index (χ0v) is 10.3. The smallest absolute Gasteiger partial charge is 0.330 e. The molecule has 1 atom stereocenters. The van der Waals surface area contributed by atoms with Gasteiger partial charge in [-0.3, -0.25) is 19.2 Å². The number of hydrogen-bond donors (Lipinski definition) is 1. The standard InChI is InChI=1S/C11H10N2O7/c1-6(14)20-13-10(17)4-7(11(13)18)5-19-12-8(15)2-3-9(12)16/h2-4,8,15H,5H2,1H3. The molecule has 1 N–H and O–H groups in total. The van der Waals surface area contributed by atoms with Crippen molar-refractivity contribution in [2.75, 3.05) is 6.61 Å². The Labute approximate surface area is 112 Å². The first-order valence-electron chi connectivity index (χ1n) is 5.50. The van der Waals surface area contributed by atoms with Gasteiger partial charge in [-0.25, -0.2) is 4.79 Å². The molecule has 3 amide bonds. The molecule has 2 rings (SSSR count). The summed E-state index contributed by atoms with van der Waals surface area (Å²) in [5.74, 6) is -3.10. The molecule has 0 saturated heterocycles. The van der Waals surface area contributed by atoms with Crippen molar-refractivity contribution in [2.45, 2.75) is 13.2 Å². The number of nitrogens with zero attached hydrogens (tertiary/aromatic N) is 2. The lowest BCUT2D eigenvalue weighted by atomic mass is 10.3. The fraction of sp³-hybridized carbons (Fsp3) is 0.273. The summed E-state index contributed by atoms with van der Waals surface area (Å²) in [5, 5.41) is 10.3. The first kappa shape index (κ1) is 13.9. The first-order chi connectivity index (χ1) is 9.40. The number of hydrogen-bond acceptors (Lipinski definition) is 7. The van der Waals surface area contributed by atoms with E-state index in [4.69, 9.17) is 4.84 Å². The molecule has 0 spiro atoms. The largest absolute Gasteiger partial charge is 0.368 e. The van der Waals surface area contributed by atoms with Crippen molar-refractivity contribution in [1.82, 2.24) is 10.1 Å². The van der Waals surface area contributed by atoms with E-state index in [0.717, 1.165) is 19.1 Å². The SMILES string of the molecule is CC(=O)ON1C(=O)C=C(CON2C(=O)C=CC2O)C1=O. The maximum Gasteiger partial charge on any atom is 0.330 e. The van der Waals surface area contributed by atoms with E-state index in [9.17, 15) is 24.3 Å². The molecule has 9 heteroatoms. The van der Waals surface area contributed by atoms with E-state index < -0.39 is 36.5 Å². The van der Waals surface area contributed by atoms with Crippen LogP contribution in [0.5, 0.6) is 0 Å². The molecule has 0 radical (unpaired) electrons. The fourth-order valence-electron chi connectivity index (χ4n) is 1.55. The minimum Gasteiger partial charge on any atom is -0.368 e. The highest BCUT2D eigenvalue weighted by Crippen LogP contribution is 2.16. The van der Waals surface area contributed by atoms with Crippen LogP contribution in [0.25, 0.3) is 0 Å². The van der Waals surface area contributed by atoms with Crippen LogP contribution in [-0.2, 0) is 28.9 Å². The molecule has 0 aliphatic carbocycles. The third-order valence-corrected chi connectivity index (χ3v) is 2.40. The van der Waals surface area contributed by atoms with E-state index in [2.05, 4.69) is 4.84 Å². The lowest BCUT2D eigenvalue weighted by Crippen LogP contribution is -2.36. The molecule has 20 heavy (non-hydrogen) atoms. The van der Waals surface area contributed by atoms with E-state index in [1.165, 1.54) is 6.08 Å². The molecule has 9 nitrogen and oxygen atoms in total. The number of carbonyl (C=O) groups excluding carboxylic acids is 4. The van der Waals surface area contributed by atoms with Crippen molar-refractivity contribution in [2.24, 2.45) is 0 Å². The molecule has 0 bridgehead atoms. The normalized spacial score (nSPS) is 21.8. The number of aliphatic hydroxyl groups is 1. The maximum absolute atomic E-state index is 11.7. The summed E-state index contributed by atoms with van der Waals surface area (Å²) in [6, 6.07) is 0. The monoisotopic (exact) mass is 282 g/mol. The van der Waals surface area contributed by atoms with Crippen LogP contribution in [0.3, 0.4) is 0 Å². The number of hydroxylamine groups is 4. The van der Waals surface area contributed by atoms with Gasteiger partial charge in [-0.1, -0.05) is 5.06 Å². The Hall–Kier alpha value is -2.52. The summed E-state index contributed by atoms with van der Waals surface area (Å²) in [7, 11) is 0. The van der Waals surface area contributed by atoms with Gasteiger partial charge in [0.15, 0.2) is 6.23 Å². The van der Waals surface area contributed by atoms with Crippen LogP contribution in [0.2, 0.25) is 0 Å². The third kappa shape index (κ3) is 2.58. The molecule has 0 fully saturated rings. The number of rotatable bonds is 4. The van der Waals surface area contributed by atoms with Gasteiger partial charge >= 0.3 is 5.97 Å². The van der Waals surface area contributed by atoms with Crippen molar-refractivity contribution in [1.29, 1.82) is 0 Å². The Bertz CT molecular complexity index is 551. The molecular weight excluding hydrogens is 272 g/mol. The molecule has 2 aliphatic rings. The molecule has 1 unspecified atom stereocenters. The van der Waals surface area contributed by atoms with E-state index in [1.54, 1.807) is 0 Å². The molecule has 0 aromatic rings. The van der Waals surface area contributed by atoms with Gasteiger partial charge in [-0.2, -0.15) is 5.06 Å². The zero-order valence-electron chi connectivity index (χ0n) is 10.3. The highest BCUT2D eigenvalue weighted by molar-refractivity contribution is 6.15. The van der Waals surface area contributed by atoms with Crippen LogP contribution < -0.4 is 0 Å². The number of imide groups is 1. The van der Waals surface area contributed by atoms with Crippen molar-refractivity contribution < 1.29 is 34.0 Å². The van der Waals surface area contributed by atoms with Gasteiger partial charge in [0.25, 0.3) is 17.7 Å². The van der Waals surface area contributed by atoms with Crippen molar-refractivity contribution >= 4 is 23.7 Å². The minimum absolute atomic E-state index is 0.108. The first-order valence-corrected chi connectivity index (χ1v) is 5.50. The van der Waals surface area contributed by atoms with Crippen LogP contribution in [0, 0.1) is 0 Å². The van der Waals surface area contributed by atoms with Gasteiger partial charge in [0, 0.05) is 19.1 Å². The van der Waals surface area contributed by atoms with Gasteiger partial charge < -0.3 is 9.94 Å². The highest BCUT2D eigenvalue weighted by atomic mass is 16.7. The van der Waals surface area contributed by atoms with Gasteiger partial charge in [0.2, 0.25) is 0 Å². The fourth-order valence-corrected chi connectivity index (χ4v) is 1.55. The Morgan fingerprint density at radius 2 is 2.05 bits per heavy atom. The Balaban J connectivity index is 1.96. The van der Waals surface area contributed by atoms with Crippen LogP contribution >= 0.6 is 0 Å². The zero-order chi connectivity index (χ0) is 14.9. The minimum atomic E-state index is -1.25. The lowest BCUT2D eigenvalue weighted by Gasteiger charge is -2.19. The van der Waals surface area contributed by atoms with E-state index in [0.29, 0.717) is 10.1 Å². The number of aliphatic hydroxyl groups excluding tert-OH is 1. The molecule has 2 aliphatic heterocycles. The van der Waals surface area contributed by atoms with Gasteiger partial charge in [0.1, 0.15) is 6.61 Å². The second-order valence-corrected chi connectivity index (χ2v) is 3.90. The maximum atomic E-state index is 11.7. The van der Waals surface area contributed by atoms with Gasteiger partial charge in [-0.15, -0.1) is 0 Å². The van der Waals surface area contributed by atoms with E-state index >= 15 is 0 Å². The summed E-state index contributed by atoms with van der Waals surface area (Å²) in [6.07, 6.45) is 1.97. The molecule has 2 heterocycles. The Morgan fingerprint density at radius 3 is 2.60 bits per heavy atom. The summed E-state index contributed by atoms with van der Waals surface area (Å²) < 4.78 is 0. The lowest BCUT2D eigenvalue weighted by molar-refractivity contribution is -0.210. The molecule has 0 aromatic carbocycles. The van der Waals surface area contributed by atoms with Crippen LogP contribution in [-0.4, -0.2) is 51.8 Å². The predicted molar refractivity (Wildman–Crippen MR) is 59.6 cm³/mol. The third-order valence-electron chi connectivity index (χ3n) is 2.40. The summed E-state index contributed by atoms with van der Waals surface area (Å²) >= 11 is 0. The van der Waals surface area contributed by atoms with E-state index in [1.807, 2.05) is 0 Å². The average molecular weight is 282 g/mol. The summed E-state index contributed by atoms with van der Waals surface area (Å²) in [4.78, 5) is 54.5. The molecule has 106 valence electrons. The Morgan fingerprint density at radius 1 is 1.35 bits per heavy atom. The summed E-state index contributed by atoms with van der Waals surface area (Å²) in [6.45, 7) is 0.618. The molecular formula is C11H10N2O7. The number of carbonyl (C=O) groups is 4. The summed E-state index contributed by atoms with van der Waals surface area (Å²) in [5.41, 5.74) is -0.108. The molecule has 0 saturated carbocycles. The predicted octanol–water partition coefficient (Wildman–Crippen LogP) is -1.59. The van der Waals surface area contributed by atoms with Gasteiger partial charge in [-0.05, 0) is 6.08 Å². The van der Waals surface area contributed by atoms with E-state index in [-0.39, 0.29) is 5.57 Å². The van der Waals surface area contributed by atoms with Crippen molar-refractivity contribution in [3.63, 3.8) is 0 Å². The second kappa shape index (κ2) is 5.23. The van der Waals surface area contributed by atoms with Crippen LogP contribution in [0.15, 0.2) is 23.8 Å². The van der Waals surface area contributed by atoms with Crippen LogP contribution in [0.4, 0.5) is 0 Å². The quantitative estimate of drug-likeness (QED) is 0.618. The topological polar surface area (TPSA) is 113 Å². The van der Waals surface area contributed by atoms with Crippen LogP contribution in [0.1, 0.15) is 6.92 Å². The van der Waals surface area contributed by atoms with Crippen molar-refractivity contribution in [3.8, 4) is 0 Å². The van der Waals surface area contributed by atoms with Gasteiger partial charge in [0.05, 0.1) is 5.57 Å². The Kier molecular flexibility index (Phi) is 3.63. The highest BCUT2D eigenvalue weighted by Gasteiger charge is 2.35.